The highest BCUT2D eigenvalue weighted by molar-refractivity contribution is 6.40. The lowest BCUT2D eigenvalue weighted by Gasteiger charge is -2.29. The highest BCUT2D eigenvalue weighted by Gasteiger charge is 2.51. The van der Waals surface area contributed by atoms with Crippen molar-refractivity contribution in [1.29, 1.82) is 0 Å². The normalized spacial score (nSPS) is 25.1. The lowest BCUT2D eigenvalue weighted by molar-refractivity contribution is -0.321. The molecule has 1 aromatic carbocycles. The zero-order valence-corrected chi connectivity index (χ0v) is 20.8. The minimum Gasteiger partial charge on any atom is -0.356 e. The number of halogens is 4. The molecule has 212 valence electrons. The van der Waals surface area contributed by atoms with Gasteiger partial charge >= 0.3 is 18.2 Å². The average Bonchev–Trinajstić information content (AvgIpc) is 3.58. The van der Waals surface area contributed by atoms with Crippen molar-refractivity contribution in [3.63, 3.8) is 0 Å². The van der Waals surface area contributed by atoms with Crippen LogP contribution in [0.15, 0.2) is 24.3 Å². The van der Waals surface area contributed by atoms with Crippen molar-refractivity contribution in [3.05, 3.63) is 30.1 Å². The summed E-state index contributed by atoms with van der Waals surface area (Å²) in [6.07, 6.45) is -2.98. The molecule has 0 radical (unpaired) electrons. The van der Waals surface area contributed by atoms with Crippen LogP contribution in [0.3, 0.4) is 0 Å². The summed E-state index contributed by atoms with van der Waals surface area (Å²) in [5.74, 6) is -6.45. The van der Waals surface area contributed by atoms with Crippen molar-refractivity contribution in [2.45, 2.75) is 50.6 Å². The second kappa shape index (κ2) is 11.7. The van der Waals surface area contributed by atoms with Gasteiger partial charge in [-0.3, -0.25) is 28.7 Å². The van der Waals surface area contributed by atoms with E-state index in [-0.39, 0.29) is 30.5 Å². The van der Waals surface area contributed by atoms with Gasteiger partial charge in [0.1, 0.15) is 18.5 Å². The quantitative estimate of drug-likeness (QED) is 0.328. The average molecular weight is 557 g/mol. The number of alkyl halides is 3. The Morgan fingerprint density at radius 3 is 2.54 bits per heavy atom. The fourth-order valence-electron chi connectivity index (χ4n) is 5.66. The van der Waals surface area contributed by atoms with E-state index in [2.05, 4.69) is 20.7 Å². The van der Waals surface area contributed by atoms with E-state index in [4.69, 9.17) is 0 Å². The summed E-state index contributed by atoms with van der Waals surface area (Å²) in [6, 6.07) is 2.57. The first kappa shape index (κ1) is 28.5. The number of Topliss-reactive ketones (excluding diaryl/α,β-unsaturated/α-hetero) is 1. The Kier molecular flexibility index (Phi) is 8.52. The highest BCUT2D eigenvalue weighted by atomic mass is 19.4. The minimum absolute atomic E-state index is 0.0765. The first-order valence-electron chi connectivity index (χ1n) is 12.6. The van der Waals surface area contributed by atoms with Crippen LogP contribution < -0.4 is 16.0 Å². The van der Waals surface area contributed by atoms with E-state index in [1.54, 1.807) is 0 Å². The van der Waals surface area contributed by atoms with Crippen LogP contribution in [-0.4, -0.2) is 72.5 Å². The minimum atomic E-state index is -5.08. The van der Waals surface area contributed by atoms with Crippen molar-refractivity contribution in [2.75, 3.05) is 25.0 Å². The van der Waals surface area contributed by atoms with Gasteiger partial charge < -0.3 is 20.9 Å². The maximum absolute atomic E-state index is 14.0. The summed E-state index contributed by atoms with van der Waals surface area (Å²) in [5.41, 5.74) is -0.221. The summed E-state index contributed by atoms with van der Waals surface area (Å²) >= 11 is 0. The number of nitrogens with zero attached hydrogens (tertiary/aromatic N) is 1. The molecule has 2 saturated heterocycles. The number of likely N-dealkylation sites (tertiary alicyclic amines) is 1. The fourth-order valence-corrected chi connectivity index (χ4v) is 5.66. The molecule has 2 heterocycles. The van der Waals surface area contributed by atoms with Crippen molar-refractivity contribution in [3.8, 4) is 0 Å². The summed E-state index contributed by atoms with van der Waals surface area (Å²) in [6.45, 7) is -0.969. The van der Waals surface area contributed by atoms with Crippen molar-refractivity contribution >= 4 is 35.1 Å². The molecule has 1 aromatic rings. The molecule has 0 bridgehead atoms. The van der Waals surface area contributed by atoms with Crippen molar-refractivity contribution < 1.29 is 46.3 Å². The van der Waals surface area contributed by atoms with Gasteiger partial charge in [0.05, 0.1) is 11.7 Å². The molecule has 4 amide bonds. The number of hydrogen-bond donors (Lipinski definition) is 3. The number of benzene rings is 1. The number of carbonyl (C=O) groups excluding carboxylic acids is 5. The molecule has 39 heavy (non-hydrogen) atoms. The number of ketones is 1. The summed E-state index contributed by atoms with van der Waals surface area (Å²) in [7, 11) is 0. The smallest absolute Gasteiger partial charge is 0.356 e. The Labute approximate surface area is 220 Å². The number of rotatable bonds is 8. The first-order chi connectivity index (χ1) is 18.4. The molecular weight excluding hydrogens is 528 g/mol. The van der Waals surface area contributed by atoms with Crippen LogP contribution in [0, 0.1) is 23.6 Å². The zero-order chi connectivity index (χ0) is 28.3. The molecule has 3 aliphatic rings. The third kappa shape index (κ3) is 6.72. The van der Waals surface area contributed by atoms with Crippen LogP contribution >= 0.6 is 0 Å². The van der Waals surface area contributed by atoms with Crippen LogP contribution in [-0.2, 0) is 28.7 Å². The Morgan fingerprint density at radius 2 is 1.87 bits per heavy atom. The Hall–Kier alpha value is -3.55. The van der Waals surface area contributed by atoms with Gasteiger partial charge in [0.25, 0.3) is 0 Å². The first-order valence-corrected chi connectivity index (χ1v) is 12.6. The van der Waals surface area contributed by atoms with E-state index in [1.807, 2.05) is 0 Å². The van der Waals surface area contributed by atoms with Crippen molar-refractivity contribution in [2.24, 2.45) is 17.8 Å². The summed E-state index contributed by atoms with van der Waals surface area (Å²) in [5, 5.41) is 7.20. The molecule has 3 N–H and O–H groups in total. The summed E-state index contributed by atoms with van der Waals surface area (Å²) in [4.78, 5) is 65.1. The van der Waals surface area contributed by atoms with Gasteiger partial charge in [-0.1, -0.05) is 18.6 Å². The van der Waals surface area contributed by atoms with Gasteiger partial charge in [-0.15, -0.1) is 13.2 Å². The third-order valence-corrected chi connectivity index (χ3v) is 7.50. The number of ether oxygens (including phenoxy) is 1. The lowest BCUT2D eigenvalue weighted by atomic mass is 9.92. The number of fused-ring (bicyclic) bond motifs is 1. The number of amides is 4. The van der Waals surface area contributed by atoms with E-state index in [9.17, 15) is 41.5 Å². The van der Waals surface area contributed by atoms with Crippen LogP contribution in [0.2, 0.25) is 0 Å². The van der Waals surface area contributed by atoms with E-state index in [0.717, 1.165) is 17.4 Å². The van der Waals surface area contributed by atoms with E-state index in [1.165, 1.54) is 18.2 Å². The number of hydrogen-bond acceptors (Lipinski definition) is 6. The van der Waals surface area contributed by atoms with Crippen LogP contribution in [0.25, 0.3) is 0 Å². The zero-order valence-electron chi connectivity index (χ0n) is 20.8. The molecule has 0 spiro atoms. The van der Waals surface area contributed by atoms with Crippen LogP contribution in [0.1, 0.15) is 32.1 Å². The topological polar surface area (TPSA) is 134 Å². The Balaban J connectivity index is 1.51. The van der Waals surface area contributed by atoms with E-state index >= 15 is 0 Å². The molecule has 10 nitrogen and oxygen atoms in total. The van der Waals surface area contributed by atoms with Gasteiger partial charge in [-0.2, -0.15) is 0 Å². The molecule has 1 aliphatic carbocycles. The molecule has 5 atom stereocenters. The highest BCUT2D eigenvalue weighted by Crippen LogP contribution is 2.42. The maximum Gasteiger partial charge on any atom is 0.522 e. The monoisotopic (exact) mass is 556 g/mol. The fraction of sp³-hybridized carbons (Fsp3) is 0.560. The Bertz CT molecular complexity index is 1150. The van der Waals surface area contributed by atoms with Gasteiger partial charge in [-0.25, -0.2) is 4.39 Å². The molecule has 2 aliphatic heterocycles. The van der Waals surface area contributed by atoms with Gasteiger partial charge in [0.2, 0.25) is 11.8 Å². The molecule has 1 saturated carbocycles. The second-order valence-corrected chi connectivity index (χ2v) is 9.97. The molecule has 0 unspecified atom stereocenters. The molecule has 14 heteroatoms. The standard InChI is InChI=1S/C25H28F4N4O6/c26-16-6-1-2-7-17(16)31-23(37)24(38)33-11-14-4-3-5-15(14)20(33)22(36)32-18(10-13-8-9-30-21(13)35)19(34)12-39-25(27,28)29/h1-2,6-7,13-15,18,20H,3-5,8-12H2,(H,30,35)(H,31,37)(H,32,36)/t13-,14-,15-,18-,20-/m0/s1. The largest absolute Gasteiger partial charge is 0.522 e. The Morgan fingerprint density at radius 1 is 1.13 bits per heavy atom. The van der Waals surface area contributed by atoms with E-state index in [0.29, 0.717) is 25.8 Å². The maximum atomic E-state index is 14.0. The van der Waals surface area contributed by atoms with Gasteiger partial charge in [-0.05, 0) is 49.7 Å². The molecule has 0 aromatic heterocycles. The van der Waals surface area contributed by atoms with Crippen LogP contribution in [0.4, 0.5) is 23.2 Å². The molecule has 4 rings (SSSR count). The van der Waals surface area contributed by atoms with Crippen LogP contribution in [0.5, 0.6) is 0 Å². The van der Waals surface area contributed by atoms with Gasteiger partial charge in [0, 0.05) is 19.0 Å². The predicted molar refractivity (Wildman–Crippen MR) is 126 cm³/mol. The molecule has 3 fully saturated rings. The van der Waals surface area contributed by atoms with Crippen molar-refractivity contribution in [1.82, 2.24) is 15.5 Å². The number of para-hydroxylation sites is 1. The third-order valence-electron chi connectivity index (χ3n) is 7.50. The number of carbonyl (C=O) groups is 5. The SMILES string of the molecule is O=C(Nc1ccccc1F)C(=O)N1C[C@@H]2CCC[C@@H]2[C@H]1C(=O)N[C@@H](C[C@@H]1CCNC1=O)C(=O)COC(F)(F)F. The van der Waals surface area contributed by atoms with Gasteiger partial charge in [0.15, 0.2) is 5.78 Å². The lowest BCUT2D eigenvalue weighted by Crippen LogP contribution is -2.55. The predicted octanol–water partition coefficient (Wildman–Crippen LogP) is 1.51. The molecular formula is C25H28F4N4O6. The summed E-state index contributed by atoms with van der Waals surface area (Å²) < 4.78 is 55.3. The number of anilines is 1. The second-order valence-electron chi connectivity index (χ2n) is 9.97. The number of nitrogens with one attached hydrogen (secondary N) is 3. The van der Waals surface area contributed by atoms with E-state index < -0.39 is 66.2 Å².